The van der Waals surface area contributed by atoms with Crippen LogP contribution < -0.4 is 10.6 Å². The second-order valence-electron chi connectivity index (χ2n) is 6.10. The van der Waals surface area contributed by atoms with E-state index in [0.717, 1.165) is 43.9 Å². The van der Waals surface area contributed by atoms with E-state index in [9.17, 15) is 0 Å². The highest BCUT2D eigenvalue weighted by molar-refractivity contribution is 14.0. The molecule has 0 fully saturated rings. The van der Waals surface area contributed by atoms with Crippen molar-refractivity contribution in [2.24, 2.45) is 4.99 Å². The summed E-state index contributed by atoms with van der Waals surface area (Å²) in [4.78, 5) is 11.6. The van der Waals surface area contributed by atoms with Gasteiger partial charge in [-0.15, -0.1) is 46.7 Å². The third kappa shape index (κ3) is 8.50. The van der Waals surface area contributed by atoms with Crippen molar-refractivity contribution < 1.29 is 0 Å². The van der Waals surface area contributed by atoms with Crippen LogP contribution >= 0.6 is 46.7 Å². The summed E-state index contributed by atoms with van der Waals surface area (Å²) in [6.07, 6.45) is 4.38. The Morgan fingerprint density at radius 2 is 2.08 bits per heavy atom. The number of thiazole rings is 1. The first-order valence-electron chi connectivity index (χ1n) is 8.50. The van der Waals surface area contributed by atoms with Crippen molar-refractivity contribution in [3.05, 3.63) is 38.0 Å². The van der Waals surface area contributed by atoms with Gasteiger partial charge in [-0.3, -0.25) is 4.99 Å². The van der Waals surface area contributed by atoms with Crippen molar-refractivity contribution in [3.63, 3.8) is 0 Å². The Kier molecular flexibility index (Phi) is 10.6. The molecule has 2 heterocycles. The molecular formula is C18H29IN4S2. The minimum Gasteiger partial charge on any atom is -0.356 e. The van der Waals surface area contributed by atoms with Crippen LogP contribution in [-0.2, 0) is 12.8 Å². The fourth-order valence-electron chi connectivity index (χ4n) is 2.50. The van der Waals surface area contributed by atoms with Crippen molar-refractivity contribution in [2.75, 3.05) is 13.6 Å². The minimum absolute atomic E-state index is 0. The van der Waals surface area contributed by atoms with Crippen LogP contribution in [0.3, 0.4) is 0 Å². The number of rotatable bonds is 8. The number of aliphatic imine (C=N–C) groups is 1. The average molecular weight is 492 g/mol. The molecule has 2 N–H and O–H groups in total. The van der Waals surface area contributed by atoms with Crippen molar-refractivity contribution in [1.29, 1.82) is 0 Å². The van der Waals surface area contributed by atoms with Crippen LogP contribution in [0.2, 0.25) is 0 Å². The fourth-order valence-corrected chi connectivity index (χ4v) is 4.34. The maximum Gasteiger partial charge on any atom is 0.191 e. The molecule has 0 spiro atoms. The standard InChI is InChI=1S/C18H28N4S2.HI/c1-13(11-16-9-8-15(3)24-16)22-18(19-4)20-10-6-5-7-17-21-14(2)12-23-17;/h8-9,12-13H,5-7,10-11H2,1-4H3,(H2,19,20,22);1H. The molecule has 4 nitrogen and oxygen atoms in total. The topological polar surface area (TPSA) is 49.3 Å². The molecule has 1 unspecified atom stereocenters. The number of aryl methyl sites for hydroxylation is 3. The second kappa shape index (κ2) is 11.9. The normalized spacial score (nSPS) is 12.6. The van der Waals surface area contributed by atoms with Gasteiger partial charge in [0.25, 0.3) is 0 Å². The third-order valence-corrected chi connectivity index (χ3v) is 5.74. The van der Waals surface area contributed by atoms with Crippen molar-refractivity contribution in [1.82, 2.24) is 15.6 Å². The maximum absolute atomic E-state index is 4.50. The van der Waals surface area contributed by atoms with Gasteiger partial charge in [0.15, 0.2) is 5.96 Å². The van der Waals surface area contributed by atoms with Gasteiger partial charge >= 0.3 is 0 Å². The maximum atomic E-state index is 4.50. The summed E-state index contributed by atoms with van der Waals surface area (Å²) in [6.45, 7) is 7.34. The Morgan fingerprint density at radius 3 is 2.68 bits per heavy atom. The van der Waals surface area contributed by atoms with Gasteiger partial charge in [-0.25, -0.2) is 4.98 Å². The Balaban J connectivity index is 0.00000312. The number of nitrogens with zero attached hydrogens (tertiary/aromatic N) is 2. The molecule has 25 heavy (non-hydrogen) atoms. The van der Waals surface area contributed by atoms with Crippen LogP contribution in [0, 0.1) is 13.8 Å². The number of hydrogen-bond donors (Lipinski definition) is 2. The molecule has 0 amide bonds. The highest BCUT2D eigenvalue weighted by atomic mass is 127. The summed E-state index contributed by atoms with van der Waals surface area (Å²) in [5.41, 5.74) is 1.13. The summed E-state index contributed by atoms with van der Waals surface area (Å²) in [5, 5.41) is 10.2. The SMILES string of the molecule is CN=C(NCCCCc1nc(C)cs1)NC(C)Cc1ccc(C)s1.I. The van der Waals surface area contributed by atoms with Gasteiger partial charge in [0, 0.05) is 46.9 Å². The van der Waals surface area contributed by atoms with Crippen molar-refractivity contribution in [3.8, 4) is 0 Å². The molecule has 2 rings (SSSR count). The highest BCUT2D eigenvalue weighted by Gasteiger charge is 2.07. The Hall–Kier alpha value is -0.670. The van der Waals surface area contributed by atoms with E-state index in [0.29, 0.717) is 6.04 Å². The molecule has 0 aromatic carbocycles. The molecule has 0 aliphatic carbocycles. The third-order valence-electron chi connectivity index (χ3n) is 3.69. The summed E-state index contributed by atoms with van der Waals surface area (Å²) in [6, 6.07) is 4.77. The molecule has 0 aliphatic rings. The molecule has 0 saturated carbocycles. The zero-order chi connectivity index (χ0) is 17.4. The van der Waals surface area contributed by atoms with Crippen LogP contribution in [0.5, 0.6) is 0 Å². The van der Waals surface area contributed by atoms with E-state index < -0.39 is 0 Å². The predicted octanol–water partition coefficient (Wildman–Crippen LogP) is 4.56. The number of aromatic nitrogens is 1. The zero-order valence-corrected chi connectivity index (χ0v) is 19.4. The number of unbranched alkanes of at least 4 members (excludes halogenated alkanes) is 1. The lowest BCUT2D eigenvalue weighted by atomic mass is 10.2. The highest BCUT2D eigenvalue weighted by Crippen LogP contribution is 2.16. The molecule has 2 aromatic rings. The van der Waals surface area contributed by atoms with Gasteiger partial charge in [0.2, 0.25) is 0 Å². The number of halogens is 1. The van der Waals surface area contributed by atoms with Gasteiger partial charge in [-0.1, -0.05) is 0 Å². The van der Waals surface area contributed by atoms with Gasteiger partial charge in [-0.2, -0.15) is 0 Å². The predicted molar refractivity (Wildman–Crippen MR) is 122 cm³/mol. The summed E-state index contributed by atoms with van der Waals surface area (Å²) < 4.78 is 0. The molecule has 140 valence electrons. The van der Waals surface area contributed by atoms with E-state index in [1.54, 1.807) is 11.3 Å². The number of hydrogen-bond acceptors (Lipinski definition) is 4. The number of guanidine groups is 1. The fraction of sp³-hybridized carbons (Fsp3) is 0.556. The Morgan fingerprint density at radius 1 is 1.28 bits per heavy atom. The second-order valence-corrected chi connectivity index (χ2v) is 8.42. The van der Waals surface area contributed by atoms with Gasteiger partial charge in [0.1, 0.15) is 0 Å². The number of thiophene rings is 1. The minimum atomic E-state index is 0. The Labute approximate surface area is 176 Å². The van der Waals surface area contributed by atoms with E-state index in [4.69, 9.17) is 0 Å². The summed E-state index contributed by atoms with van der Waals surface area (Å²) >= 11 is 3.63. The van der Waals surface area contributed by atoms with Gasteiger partial charge in [0.05, 0.1) is 5.01 Å². The largest absolute Gasteiger partial charge is 0.356 e. The van der Waals surface area contributed by atoms with Crippen molar-refractivity contribution in [2.45, 2.75) is 52.5 Å². The van der Waals surface area contributed by atoms with Crippen molar-refractivity contribution >= 4 is 52.6 Å². The van der Waals surface area contributed by atoms with Crippen LogP contribution in [0.4, 0.5) is 0 Å². The lowest BCUT2D eigenvalue weighted by molar-refractivity contribution is 0.633. The molecule has 0 aliphatic heterocycles. The van der Waals surface area contributed by atoms with E-state index in [1.165, 1.54) is 14.8 Å². The van der Waals surface area contributed by atoms with Crippen LogP contribution in [0.25, 0.3) is 0 Å². The van der Waals surface area contributed by atoms with E-state index in [2.05, 4.69) is 58.9 Å². The van der Waals surface area contributed by atoms with E-state index in [-0.39, 0.29) is 24.0 Å². The van der Waals surface area contributed by atoms with Gasteiger partial charge < -0.3 is 10.6 Å². The molecule has 7 heteroatoms. The first-order valence-corrected chi connectivity index (χ1v) is 10.2. The monoisotopic (exact) mass is 492 g/mol. The van der Waals surface area contributed by atoms with E-state index >= 15 is 0 Å². The van der Waals surface area contributed by atoms with E-state index in [1.807, 2.05) is 18.4 Å². The lowest BCUT2D eigenvalue weighted by Gasteiger charge is -2.17. The molecule has 0 bridgehead atoms. The first-order chi connectivity index (χ1) is 11.6. The lowest BCUT2D eigenvalue weighted by Crippen LogP contribution is -2.43. The zero-order valence-electron chi connectivity index (χ0n) is 15.5. The van der Waals surface area contributed by atoms with Crippen LogP contribution in [0.1, 0.15) is 40.2 Å². The molecule has 0 radical (unpaired) electrons. The average Bonchev–Trinajstić information content (AvgIpc) is 3.14. The molecule has 2 aromatic heterocycles. The smallest absolute Gasteiger partial charge is 0.191 e. The van der Waals surface area contributed by atoms with Gasteiger partial charge in [-0.05, 0) is 52.2 Å². The molecule has 1 atom stereocenters. The molecular weight excluding hydrogens is 463 g/mol. The summed E-state index contributed by atoms with van der Waals surface area (Å²) in [5.74, 6) is 0.890. The number of nitrogens with one attached hydrogen (secondary N) is 2. The van der Waals surface area contributed by atoms with Crippen LogP contribution in [0.15, 0.2) is 22.5 Å². The van der Waals surface area contributed by atoms with Crippen LogP contribution in [-0.4, -0.2) is 30.6 Å². The summed E-state index contributed by atoms with van der Waals surface area (Å²) in [7, 11) is 1.83. The quantitative estimate of drug-likeness (QED) is 0.246. The Bertz CT molecular complexity index is 651. The first kappa shape index (κ1) is 22.4. The molecule has 0 saturated heterocycles.